The van der Waals surface area contributed by atoms with Crippen molar-refractivity contribution in [3.05, 3.63) is 60.2 Å². The first-order valence-corrected chi connectivity index (χ1v) is 11.0. The molecule has 1 aliphatic rings. The topological polar surface area (TPSA) is 81.8 Å². The second kappa shape index (κ2) is 11.0. The predicted octanol–water partition coefficient (Wildman–Crippen LogP) is 4.44. The van der Waals surface area contributed by atoms with Crippen LogP contribution in [0, 0.1) is 5.92 Å². The summed E-state index contributed by atoms with van der Waals surface area (Å²) in [5, 5.41) is 5.06. The number of amides is 4. The Hall–Kier alpha value is -3.56. The number of nitrogens with one attached hydrogen (secondary N) is 2. The fourth-order valence-electron chi connectivity index (χ4n) is 3.89. The van der Waals surface area contributed by atoms with Crippen molar-refractivity contribution in [2.24, 2.45) is 5.92 Å². The number of halogens is 3. The van der Waals surface area contributed by atoms with Gasteiger partial charge in [-0.25, -0.2) is 4.79 Å². The van der Waals surface area contributed by atoms with E-state index >= 15 is 0 Å². The van der Waals surface area contributed by atoms with E-state index in [4.69, 9.17) is 0 Å². The molecule has 2 aromatic carbocycles. The molecule has 0 aliphatic carbocycles. The van der Waals surface area contributed by atoms with Crippen LogP contribution in [0.15, 0.2) is 54.6 Å². The summed E-state index contributed by atoms with van der Waals surface area (Å²) in [6, 6.07) is 13.3. The summed E-state index contributed by atoms with van der Waals surface area (Å²) in [5.74, 6) is -1.52. The summed E-state index contributed by atoms with van der Waals surface area (Å²) in [6.45, 7) is 2.22. The molecular weight excluding hydrogens is 449 g/mol. The van der Waals surface area contributed by atoms with Crippen LogP contribution in [0.5, 0.6) is 0 Å². The molecule has 2 N–H and O–H groups in total. The third-order valence-corrected chi connectivity index (χ3v) is 5.62. The minimum atomic E-state index is -4.62. The molecule has 10 heteroatoms. The Kier molecular flexibility index (Phi) is 8.14. The molecule has 182 valence electrons. The van der Waals surface area contributed by atoms with E-state index in [2.05, 4.69) is 10.6 Å². The first kappa shape index (κ1) is 25.1. The highest BCUT2D eigenvalue weighted by Crippen LogP contribution is 2.34. The molecule has 0 aromatic heterocycles. The third kappa shape index (κ3) is 6.49. The van der Waals surface area contributed by atoms with Crippen molar-refractivity contribution in [2.45, 2.75) is 25.9 Å². The smallest absolute Gasteiger partial charge is 0.333 e. The van der Waals surface area contributed by atoms with Crippen molar-refractivity contribution < 1.29 is 27.6 Å². The van der Waals surface area contributed by atoms with Gasteiger partial charge in [0.15, 0.2) is 0 Å². The molecular formula is C24H27F3N4O3. The zero-order chi connectivity index (χ0) is 24.7. The molecule has 0 radical (unpaired) electrons. The first-order chi connectivity index (χ1) is 16.2. The van der Waals surface area contributed by atoms with Crippen molar-refractivity contribution >= 4 is 29.2 Å². The van der Waals surface area contributed by atoms with E-state index in [0.29, 0.717) is 25.1 Å². The average molecular weight is 476 g/mol. The fraction of sp³-hybridized carbons (Fsp3) is 0.375. The Labute approximate surface area is 195 Å². The standard InChI is InChI=1S/C24H27F3N4O3/c1-2-30(16-21(32)29-20-13-7-6-12-19(20)24(25,26)27)22(33)17-9-8-14-31(15-17)23(34)28-18-10-4-3-5-11-18/h3-7,10-13,17H,2,8-9,14-16H2,1H3,(H,28,34)(H,29,32). The van der Waals surface area contributed by atoms with Crippen LogP contribution in [0.1, 0.15) is 25.3 Å². The number of likely N-dealkylation sites (tertiary alicyclic amines) is 1. The van der Waals surface area contributed by atoms with Gasteiger partial charge in [-0.15, -0.1) is 0 Å². The lowest BCUT2D eigenvalue weighted by Crippen LogP contribution is -2.49. The molecule has 0 spiro atoms. The Morgan fingerprint density at radius 1 is 1.03 bits per heavy atom. The minimum absolute atomic E-state index is 0.201. The van der Waals surface area contributed by atoms with Gasteiger partial charge in [-0.2, -0.15) is 13.2 Å². The van der Waals surface area contributed by atoms with E-state index in [1.54, 1.807) is 36.1 Å². The Morgan fingerprint density at radius 3 is 2.38 bits per heavy atom. The molecule has 1 saturated heterocycles. The predicted molar refractivity (Wildman–Crippen MR) is 122 cm³/mol. The van der Waals surface area contributed by atoms with Crippen molar-refractivity contribution in [1.82, 2.24) is 9.80 Å². The summed E-state index contributed by atoms with van der Waals surface area (Å²) in [7, 11) is 0. The van der Waals surface area contributed by atoms with Gasteiger partial charge in [-0.3, -0.25) is 9.59 Å². The van der Waals surface area contributed by atoms with Crippen LogP contribution in [-0.2, 0) is 15.8 Å². The summed E-state index contributed by atoms with van der Waals surface area (Å²) >= 11 is 0. The monoisotopic (exact) mass is 476 g/mol. The summed E-state index contributed by atoms with van der Waals surface area (Å²) in [4.78, 5) is 41.0. The summed E-state index contributed by atoms with van der Waals surface area (Å²) < 4.78 is 39.6. The minimum Gasteiger partial charge on any atom is -0.333 e. The quantitative estimate of drug-likeness (QED) is 0.647. The molecule has 0 saturated carbocycles. The zero-order valence-corrected chi connectivity index (χ0v) is 18.8. The van der Waals surface area contributed by atoms with Crippen LogP contribution in [0.3, 0.4) is 0 Å². The van der Waals surface area contributed by atoms with E-state index in [1.807, 2.05) is 6.07 Å². The van der Waals surface area contributed by atoms with Crippen LogP contribution in [0.25, 0.3) is 0 Å². The highest BCUT2D eigenvalue weighted by Gasteiger charge is 2.34. The number of alkyl halides is 3. The maximum Gasteiger partial charge on any atom is 0.418 e. The number of piperidine rings is 1. The number of rotatable bonds is 6. The number of hydrogen-bond donors (Lipinski definition) is 2. The number of hydrogen-bond acceptors (Lipinski definition) is 3. The van der Waals surface area contributed by atoms with E-state index in [-0.39, 0.29) is 37.3 Å². The van der Waals surface area contributed by atoms with Gasteiger partial charge in [0.25, 0.3) is 0 Å². The Balaban J connectivity index is 1.60. The number of nitrogens with zero attached hydrogens (tertiary/aromatic N) is 2. The van der Waals surface area contributed by atoms with Gasteiger partial charge in [-0.05, 0) is 44.0 Å². The third-order valence-electron chi connectivity index (χ3n) is 5.62. The van der Waals surface area contributed by atoms with Crippen LogP contribution >= 0.6 is 0 Å². The lowest BCUT2D eigenvalue weighted by atomic mass is 9.96. The lowest BCUT2D eigenvalue weighted by molar-refractivity contribution is -0.139. The molecule has 1 fully saturated rings. The molecule has 1 heterocycles. The van der Waals surface area contributed by atoms with Crippen LogP contribution < -0.4 is 10.6 Å². The van der Waals surface area contributed by atoms with Crippen molar-refractivity contribution in [3.8, 4) is 0 Å². The number of benzene rings is 2. The maximum atomic E-state index is 13.2. The van der Waals surface area contributed by atoms with Crippen LogP contribution in [0.2, 0.25) is 0 Å². The van der Waals surface area contributed by atoms with Gasteiger partial charge >= 0.3 is 12.2 Å². The molecule has 7 nitrogen and oxygen atoms in total. The number of urea groups is 1. The fourth-order valence-corrected chi connectivity index (χ4v) is 3.89. The largest absolute Gasteiger partial charge is 0.418 e. The molecule has 34 heavy (non-hydrogen) atoms. The van der Waals surface area contributed by atoms with Gasteiger partial charge in [0.1, 0.15) is 0 Å². The zero-order valence-electron chi connectivity index (χ0n) is 18.8. The number of carbonyl (C=O) groups excluding carboxylic acids is 3. The Morgan fingerprint density at radius 2 is 1.71 bits per heavy atom. The van der Waals surface area contributed by atoms with Gasteiger partial charge in [-0.1, -0.05) is 30.3 Å². The SMILES string of the molecule is CCN(CC(=O)Nc1ccccc1C(F)(F)F)C(=O)C1CCCN(C(=O)Nc2ccccc2)C1. The van der Waals surface area contributed by atoms with E-state index in [9.17, 15) is 27.6 Å². The van der Waals surface area contributed by atoms with Crippen LogP contribution in [0.4, 0.5) is 29.3 Å². The molecule has 1 unspecified atom stereocenters. The van der Waals surface area contributed by atoms with Gasteiger partial charge in [0, 0.05) is 25.3 Å². The van der Waals surface area contributed by atoms with Gasteiger partial charge in [0.05, 0.1) is 23.7 Å². The number of anilines is 2. The van der Waals surface area contributed by atoms with Gasteiger partial charge < -0.3 is 20.4 Å². The average Bonchev–Trinajstić information content (AvgIpc) is 2.82. The van der Waals surface area contributed by atoms with E-state index in [0.717, 1.165) is 6.07 Å². The Bertz CT molecular complexity index is 1010. The van der Waals surface area contributed by atoms with E-state index < -0.39 is 23.6 Å². The number of para-hydroxylation sites is 2. The molecule has 3 rings (SSSR count). The van der Waals surface area contributed by atoms with Crippen molar-refractivity contribution in [2.75, 3.05) is 36.8 Å². The first-order valence-electron chi connectivity index (χ1n) is 11.0. The second-order valence-electron chi connectivity index (χ2n) is 8.03. The normalized spacial score (nSPS) is 16.0. The van der Waals surface area contributed by atoms with Crippen molar-refractivity contribution in [1.29, 1.82) is 0 Å². The van der Waals surface area contributed by atoms with Gasteiger partial charge in [0.2, 0.25) is 11.8 Å². The molecule has 2 aromatic rings. The molecule has 1 aliphatic heterocycles. The molecule has 0 bridgehead atoms. The van der Waals surface area contributed by atoms with Crippen molar-refractivity contribution in [3.63, 3.8) is 0 Å². The second-order valence-corrected chi connectivity index (χ2v) is 8.03. The number of likely N-dealkylation sites (N-methyl/N-ethyl adjacent to an activating group) is 1. The lowest BCUT2D eigenvalue weighted by Gasteiger charge is -2.34. The summed E-state index contributed by atoms with van der Waals surface area (Å²) in [6.07, 6.45) is -3.43. The molecule has 4 amide bonds. The van der Waals surface area contributed by atoms with E-state index in [1.165, 1.54) is 23.1 Å². The highest BCUT2D eigenvalue weighted by molar-refractivity contribution is 5.96. The van der Waals surface area contributed by atoms with Crippen LogP contribution in [-0.4, -0.2) is 53.8 Å². The highest BCUT2D eigenvalue weighted by atomic mass is 19.4. The molecule has 1 atom stereocenters. The number of carbonyl (C=O) groups is 3. The maximum absolute atomic E-state index is 13.2. The summed E-state index contributed by atoms with van der Waals surface area (Å²) in [5.41, 5.74) is -0.665.